The first kappa shape index (κ1) is 8.75. The summed E-state index contributed by atoms with van der Waals surface area (Å²) in [5, 5.41) is 1.90. The quantitative estimate of drug-likeness (QED) is 0.694. The standard InChI is InChI=1S/C10H12O2S/c1-6-5-7(6)9(11)10-8(12-2)3-4-13-10/h3-4,6-7H,5H2,1-2H3. The van der Waals surface area contributed by atoms with Crippen LogP contribution in [0.1, 0.15) is 23.0 Å². The summed E-state index contributed by atoms with van der Waals surface area (Å²) in [6.07, 6.45) is 1.04. The first-order valence-corrected chi connectivity index (χ1v) is 5.27. The zero-order valence-corrected chi connectivity index (χ0v) is 8.56. The molecule has 70 valence electrons. The highest BCUT2D eigenvalue weighted by Gasteiger charge is 2.40. The highest BCUT2D eigenvalue weighted by Crippen LogP contribution is 2.42. The van der Waals surface area contributed by atoms with E-state index >= 15 is 0 Å². The van der Waals surface area contributed by atoms with Crippen LogP contribution in [-0.2, 0) is 0 Å². The van der Waals surface area contributed by atoms with Gasteiger partial charge in [0.25, 0.3) is 0 Å². The molecule has 1 heterocycles. The Morgan fingerprint density at radius 3 is 2.92 bits per heavy atom. The van der Waals surface area contributed by atoms with Crippen LogP contribution in [-0.4, -0.2) is 12.9 Å². The number of Topliss-reactive ketones (excluding diaryl/α,β-unsaturated/α-hetero) is 1. The van der Waals surface area contributed by atoms with Crippen molar-refractivity contribution in [3.05, 3.63) is 16.3 Å². The smallest absolute Gasteiger partial charge is 0.179 e. The van der Waals surface area contributed by atoms with Crippen LogP contribution in [0, 0.1) is 11.8 Å². The maximum Gasteiger partial charge on any atom is 0.179 e. The molecule has 1 aliphatic carbocycles. The minimum absolute atomic E-state index is 0.257. The van der Waals surface area contributed by atoms with Crippen molar-refractivity contribution in [1.82, 2.24) is 0 Å². The summed E-state index contributed by atoms with van der Waals surface area (Å²) in [5.74, 6) is 1.82. The molecule has 1 aromatic heterocycles. The molecule has 2 rings (SSSR count). The van der Waals surface area contributed by atoms with Gasteiger partial charge in [0, 0.05) is 5.92 Å². The number of carbonyl (C=O) groups excluding carboxylic acids is 1. The third kappa shape index (κ3) is 1.48. The molecule has 1 fully saturated rings. The van der Waals surface area contributed by atoms with Crippen molar-refractivity contribution < 1.29 is 9.53 Å². The summed E-state index contributed by atoms with van der Waals surface area (Å²) in [6, 6.07) is 1.85. The van der Waals surface area contributed by atoms with E-state index in [2.05, 4.69) is 6.92 Å². The van der Waals surface area contributed by atoms with Crippen LogP contribution >= 0.6 is 11.3 Å². The van der Waals surface area contributed by atoms with Crippen LogP contribution in [0.2, 0.25) is 0 Å². The fraction of sp³-hybridized carbons (Fsp3) is 0.500. The minimum atomic E-state index is 0.257. The van der Waals surface area contributed by atoms with E-state index in [4.69, 9.17) is 4.74 Å². The SMILES string of the molecule is COc1ccsc1C(=O)C1CC1C. The predicted molar refractivity (Wildman–Crippen MR) is 52.5 cm³/mol. The maximum absolute atomic E-state index is 11.8. The second kappa shape index (κ2) is 3.14. The van der Waals surface area contributed by atoms with Crippen LogP contribution in [0.3, 0.4) is 0 Å². The van der Waals surface area contributed by atoms with Gasteiger partial charge in [-0.3, -0.25) is 4.79 Å². The van der Waals surface area contributed by atoms with E-state index in [1.165, 1.54) is 11.3 Å². The lowest BCUT2D eigenvalue weighted by Crippen LogP contribution is -2.01. The van der Waals surface area contributed by atoms with Gasteiger partial charge in [-0.1, -0.05) is 6.92 Å². The number of ether oxygens (including phenoxy) is 1. The van der Waals surface area contributed by atoms with Gasteiger partial charge in [0.2, 0.25) is 0 Å². The summed E-state index contributed by atoms with van der Waals surface area (Å²) in [6.45, 7) is 2.11. The number of methoxy groups -OCH3 is 1. The number of carbonyl (C=O) groups is 1. The van der Waals surface area contributed by atoms with Crippen molar-refractivity contribution in [2.75, 3.05) is 7.11 Å². The topological polar surface area (TPSA) is 26.3 Å². The van der Waals surface area contributed by atoms with E-state index in [0.29, 0.717) is 5.92 Å². The molecule has 1 aromatic rings. The molecular formula is C10H12O2S. The van der Waals surface area contributed by atoms with Gasteiger partial charge in [0.1, 0.15) is 10.6 Å². The average molecular weight is 196 g/mol. The Labute approximate surface area is 81.5 Å². The zero-order chi connectivity index (χ0) is 9.42. The normalized spacial score (nSPS) is 25.7. The predicted octanol–water partition coefficient (Wildman–Crippen LogP) is 2.60. The molecule has 0 saturated heterocycles. The molecule has 0 aromatic carbocycles. The van der Waals surface area contributed by atoms with Crippen LogP contribution < -0.4 is 4.74 Å². The summed E-state index contributed by atoms with van der Waals surface area (Å²) < 4.78 is 5.11. The van der Waals surface area contributed by atoms with E-state index in [1.54, 1.807) is 7.11 Å². The molecule has 1 saturated carbocycles. The second-order valence-corrected chi connectivity index (χ2v) is 4.42. The number of hydrogen-bond acceptors (Lipinski definition) is 3. The van der Waals surface area contributed by atoms with Crippen molar-refractivity contribution in [3.8, 4) is 5.75 Å². The van der Waals surface area contributed by atoms with Crippen LogP contribution in [0.15, 0.2) is 11.4 Å². The summed E-state index contributed by atoms with van der Waals surface area (Å²) in [5.41, 5.74) is 0. The van der Waals surface area contributed by atoms with E-state index in [0.717, 1.165) is 17.0 Å². The fourth-order valence-corrected chi connectivity index (χ4v) is 2.36. The van der Waals surface area contributed by atoms with Crippen LogP contribution in [0.25, 0.3) is 0 Å². The lowest BCUT2D eigenvalue weighted by atomic mass is 10.2. The van der Waals surface area contributed by atoms with Crippen molar-refractivity contribution in [1.29, 1.82) is 0 Å². The molecule has 3 heteroatoms. The Hall–Kier alpha value is -0.830. The molecule has 2 unspecified atom stereocenters. The molecule has 2 nitrogen and oxygen atoms in total. The molecule has 1 aliphatic rings. The molecule has 13 heavy (non-hydrogen) atoms. The van der Waals surface area contributed by atoms with Crippen LogP contribution in [0.4, 0.5) is 0 Å². The van der Waals surface area contributed by atoms with E-state index in [9.17, 15) is 4.79 Å². The fourth-order valence-electron chi connectivity index (χ4n) is 1.49. The summed E-state index contributed by atoms with van der Waals surface area (Å²) in [4.78, 5) is 12.6. The maximum atomic E-state index is 11.8. The molecule has 2 atom stereocenters. The Bertz CT molecular complexity index is 329. The zero-order valence-electron chi connectivity index (χ0n) is 7.74. The van der Waals surface area contributed by atoms with Gasteiger partial charge in [0.05, 0.1) is 7.11 Å². The van der Waals surface area contributed by atoms with Crippen molar-refractivity contribution in [2.24, 2.45) is 11.8 Å². The number of thiophene rings is 1. The van der Waals surface area contributed by atoms with Gasteiger partial charge in [-0.05, 0) is 23.8 Å². The van der Waals surface area contributed by atoms with E-state index in [1.807, 2.05) is 11.4 Å². The van der Waals surface area contributed by atoms with Gasteiger partial charge < -0.3 is 4.74 Å². The Balaban J connectivity index is 2.20. The van der Waals surface area contributed by atoms with Crippen LogP contribution in [0.5, 0.6) is 5.75 Å². The van der Waals surface area contributed by atoms with Gasteiger partial charge in [-0.25, -0.2) is 0 Å². The van der Waals surface area contributed by atoms with Gasteiger partial charge >= 0.3 is 0 Å². The first-order valence-electron chi connectivity index (χ1n) is 4.39. The minimum Gasteiger partial charge on any atom is -0.495 e. The monoisotopic (exact) mass is 196 g/mol. The number of rotatable bonds is 3. The van der Waals surface area contributed by atoms with E-state index < -0.39 is 0 Å². The lowest BCUT2D eigenvalue weighted by Gasteiger charge is -1.99. The molecule has 0 radical (unpaired) electrons. The number of ketones is 1. The second-order valence-electron chi connectivity index (χ2n) is 3.50. The highest BCUT2D eigenvalue weighted by atomic mass is 32.1. The summed E-state index contributed by atoms with van der Waals surface area (Å²) in [7, 11) is 1.61. The third-order valence-corrected chi connectivity index (χ3v) is 3.43. The Kier molecular flexibility index (Phi) is 2.12. The van der Waals surface area contributed by atoms with Gasteiger partial charge in [0.15, 0.2) is 5.78 Å². The largest absolute Gasteiger partial charge is 0.495 e. The Morgan fingerprint density at radius 1 is 1.69 bits per heavy atom. The van der Waals surface area contributed by atoms with Gasteiger partial charge in [-0.2, -0.15) is 0 Å². The molecular weight excluding hydrogens is 184 g/mol. The van der Waals surface area contributed by atoms with Gasteiger partial charge in [-0.15, -0.1) is 11.3 Å². The highest BCUT2D eigenvalue weighted by molar-refractivity contribution is 7.12. The van der Waals surface area contributed by atoms with Crippen molar-refractivity contribution >= 4 is 17.1 Å². The number of hydrogen-bond donors (Lipinski definition) is 0. The van der Waals surface area contributed by atoms with E-state index in [-0.39, 0.29) is 11.7 Å². The molecule has 0 aliphatic heterocycles. The molecule has 0 spiro atoms. The molecule has 0 amide bonds. The Morgan fingerprint density at radius 2 is 2.38 bits per heavy atom. The average Bonchev–Trinajstić information content (AvgIpc) is 2.70. The molecule has 0 bridgehead atoms. The molecule has 0 N–H and O–H groups in total. The first-order chi connectivity index (χ1) is 6.24. The third-order valence-electron chi connectivity index (χ3n) is 2.52. The summed E-state index contributed by atoms with van der Waals surface area (Å²) >= 11 is 1.48. The van der Waals surface area contributed by atoms with Crippen molar-refractivity contribution in [3.63, 3.8) is 0 Å². The lowest BCUT2D eigenvalue weighted by molar-refractivity contribution is 0.0963. The van der Waals surface area contributed by atoms with Crippen molar-refractivity contribution in [2.45, 2.75) is 13.3 Å².